The standard InChI is InChI=1S/C17H21ClN4O/c18-15-7-3-2-6-14(15)16-8-12-22(20-16)13-9-19-17(23)21-10-4-1-5-11-21/h2-3,6-8,12H,1,4-5,9-11,13H2,(H,19,23). The van der Waals surface area contributed by atoms with Gasteiger partial charge in [-0.1, -0.05) is 29.8 Å². The smallest absolute Gasteiger partial charge is 0.317 e. The van der Waals surface area contributed by atoms with E-state index in [2.05, 4.69) is 10.4 Å². The van der Waals surface area contributed by atoms with Crippen molar-refractivity contribution in [2.75, 3.05) is 19.6 Å². The number of halogens is 1. The average Bonchev–Trinajstić information content (AvgIpc) is 3.04. The summed E-state index contributed by atoms with van der Waals surface area (Å²) >= 11 is 6.19. The second-order valence-corrected chi connectivity index (χ2v) is 6.13. The topological polar surface area (TPSA) is 50.2 Å². The number of carbonyl (C=O) groups is 1. The molecule has 0 spiro atoms. The maximum Gasteiger partial charge on any atom is 0.317 e. The molecule has 2 amide bonds. The van der Waals surface area contributed by atoms with Gasteiger partial charge in [-0.25, -0.2) is 4.79 Å². The first-order chi connectivity index (χ1) is 11.2. The monoisotopic (exact) mass is 332 g/mol. The zero-order chi connectivity index (χ0) is 16.1. The van der Waals surface area contributed by atoms with Crippen LogP contribution in [0, 0.1) is 0 Å². The quantitative estimate of drug-likeness (QED) is 0.933. The lowest BCUT2D eigenvalue weighted by molar-refractivity contribution is 0.186. The van der Waals surface area contributed by atoms with E-state index in [-0.39, 0.29) is 6.03 Å². The first kappa shape index (κ1) is 15.9. The van der Waals surface area contributed by atoms with Gasteiger partial charge in [0.15, 0.2) is 0 Å². The van der Waals surface area contributed by atoms with Crippen molar-refractivity contribution in [3.05, 3.63) is 41.6 Å². The Morgan fingerprint density at radius 3 is 2.74 bits per heavy atom. The molecule has 1 aliphatic rings. The molecular weight excluding hydrogens is 312 g/mol. The van der Waals surface area contributed by atoms with Crippen LogP contribution in [0.3, 0.4) is 0 Å². The molecule has 1 saturated heterocycles. The zero-order valence-electron chi connectivity index (χ0n) is 13.0. The predicted molar refractivity (Wildman–Crippen MR) is 91.5 cm³/mol. The molecule has 0 unspecified atom stereocenters. The van der Waals surface area contributed by atoms with E-state index in [0.717, 1.165) is 37.2 Å². The molecule has 1 aromatic carbocycles. The third kappa shape index (κ3) is 4.05. The highest BCUT2D eigenvalue weighted by atomic mass is 35.5. The summed E-state index contributed by atoms with van der Waals surface area (Å²) in [6.45, 7) is 2.94. The summed E-state index contributed by atoms with van der Waals surface area (Å²) in [5.74, 6) is 0. The Balaban J connectivity index is 1.51. The van der Waals surface area contributed by atoms with Gasteiger partial charge in [0.1, 0.15) is 0 Å². The van der Waals surface area contributed by atoms with Crippen molar-refractivity contribution in [2.24, 2.45) is 0 Å². The number of rotatable bonds is 4. The van der Waals surface area contributed by atoms with Crippen LogP contribution in [-0.2, 0) is 6.54 Å². The van der Waals surface area contributed by atoms with Gasteiger partial charge >= 0.3 is 6.03 Å². The van der Waals surface area contributed by atoms with E-state index < -0.39 is 0 Å². The number of hydrogen-bond donors (Lipinski definition) is 1. The number of likely N-dealkylation sites (tertiary alicyclic amines) is 1. The molecule has 1 aromatic heterocycles. The number of aromatic nitrogens is 2. The summed E-state index contributed by atoms with van der Waals surface area (Å²) in [5.41, 5.74) is 1.77. The fourth-order valence-corrected chi connectivity index (χ4v) is 3.02. The molecule has 6 heteroatoms. The van der Waals surface area contributed by atoms with Gasteiger partial charge < -0.3 is 10.2 Å². The molecule has 0 radical (unpaired) electrons. The van der Waals surface area contributed by atoms with Crippen LogP contribution < -0.4 is 5.32 Å². The highest BCUT2D eigenvalue weighted by Crippen LogP contribution is 2.25. The average molecular weight is 333 g/mol. The molecule has 3 rings (SSSR count). The van der Waals surface area contributed by atoms with Gasteiger partial charge in [-0.2, -0.15) is 5.10 Å². The van der Waals surface area contributed by atoms with Crippen molar-refractivity contribution in [1.82, 2.24) is 20.0 Å². The molecule has 2 aromatic rings. The van der Waals surface area contributed by atoms with E-state index in [1.54, 1.807) is 0 Å². The van der Waals surface area contributed by atoms with Crippen molar-refractivity contribution in [2.45, 2.75) is 25.8 Å². The van der Waals surface area contributed by atoms with Gasteiger partial charge in [0.25, 0.3) is 0 Å². The largest absolute Gasteiger partial charge is 0.336 e. The van der Waals surface area contributed by atoms with Gasteiger partial charge in [0, 0.05) is 31.4 Å². The number of piperidine rings is 1. The van der Waals surface area contributed by atoms with Crippen molar-refractivity contribution < 1.29 is 4.79 Å². The van der Waals surface area contributed by atoms with Gasteiger partial charge in [-0.3, -0.25) is 4.68 Å². The van der Waals surface area contributed by atoms with Crippen molar-refractivity contribution in [1.29, 1.82) is 0 Å². The minimum absolute atomic E-state index is 0.0307. The molecule has 0 aliphatic carbocycles. The van der Waals surface area contributed by atoms with Crippen molar-refractivity contribution in [3.63, 3.8) is 0 Å². The summed E-state index contributed by atoms with van der Waals surface area (Å²) in [6.07, 6.45) is 5.34. The van der Waals surface area contributed by atoms with Crippen LogP contribution in [0.5, 0.6) is 0 Å². The first-order valence-corrected chi connectivity index (χ1v) is 8.43. The number of amides is 2. The van der Waals surface area contributed by atoms with Crippen LogP contribution in [0.25, 0.3) is 11.3 Å². The zero-order valence-corrected chi connectivity index (χ0v) is 13.8. The molecule has 2 heterocycles. The summed E-state index contributed by atoms with van der Waals surface area (Å²) in [4.78, 5) is 13.9. The highest BCUT2D eigenvalue weighted by Gasteiger charge is 2.15. The number of benzene rings is 1. The lowest BCUT2D eigenvalue weighted by atomic mass is 10.1. The normalized spacial score (nSPS) is 14.7. The van der Waals surface area contributed by atoms with Gasteiger partial charge in [-0.05, 0) is 31.4 Å². The van der Waals surface area contributed by atoms with E-state index in [9.17, 15) is 4.79 Å². The lowest BCUT2D eigenvalue weighted by Gasteiger charge is -2.26. The Morgan fingerprint density at radius 2 is 1.96 bits per heavy atom. The molecule has 0 saturated carbocycles. The lowest BCUT2D eigenvalue weighted by Crippen LogP contribution is -2.43. The second-order valence-electron chi connectivity index (χ2n) is 5.72. The Hall–Kier alpha value is -2.01. The van der Waals surface area contributed by atoms with Crippen molar-refractivity contribution in [3.8, 4) is 11.3 Å². The molecule has 122 valence electrons. The number of urea groups is 1. The third-order valence-electron chi connectivity index (χ3n) is 4.05. The fraction of sp³-hybridized carbons (Fsp3) is 0.412. The summed E-state index contributed by atoms with van der Waals surface area (Å²) in [7, 11) is 0. The van der Waals surface area contributed by atoms with Crippen LogP contribution in [0.4, 0.5) is 4.79 Å². The minimum Gasteiger partial charge on any atom is -0.336 e. The Kier molecular flexibility index (Phi) is 5.18. The van der Waals surface area contributed by atoms with Crippen LogP contribution >= 0.6 is 11.6 Å². The van der Waals surface area contributed by atoms with Gasteiger partial charge in [-0.15, -0.1) is 0 Å². The highest BCUT2D eigenvalue weighted by molar-refractivity contribution is 6.33. The van der Waals surface area contributed by atoms with Crippen LogP contribution in [-0.4, -0.2) is 40.3 Å². The molecular formula is C17H21ClN4O. The molecule has 1 aliphatic heterocycles. The van der Waals surface area contributed by atoms with E-state index in [0.29, 0.717) is 18.1 Å². The third-order valence-corrected chi connectivity index (χ3v) is 4.38. The Labute approximate surface area is 141 Å². The van der Waals surface area contributed by atoms with Gasteiger partial charge in [0.2, 0.25) is 0 Å². The predicted octanol–water partition coefficient (Wildman–Crippen LogP) is 3.40. The number of nitrogens with one attached hydrogen (secondary N) is 1. The van der Waals surface area contributed by atoms with Crippen LogP contribution in [0.1, 0.15) is 19.3 Å². The number of carbonyl (C=O) groups excluding carboxylic acids is 1. The Morgan fingerprint density at radius 1 is 1.17 bits per heavy atom. The van der Waals surface area contributed by atoms with E-state index in [4.69, 9.17) is 11.6 Å². The molecule has 1 N–H and O–H groups in total. The fourth-order valence-electron chi connectivity index (χ4n) is 2.78. The Bertz CT molecular complexity index is 664. The molecule has 0 atom stereocenters. The summed E-state index contributed by atoms with van der Waals surface area (Å²) < 4.78 is 1.83. The molecule has 1 fully saturated rings. The summed E-state index contributed by atoms with van der Waals surface area (Å²) in [6, 6.07) is 9.62. The molecule has 0 bridgehead atoms. The van der Waals surface area contributed by atoms with Gasteiger partial charge in [0.05, 0.1) is 17.3 Å². The number of nitrogens with zero attached hydrogens (tertiary/aromatic N) is 3. The number of hydrogen-bond acceptors (Lipinski definition) is 2. The minimum atomic E-state index is 0.0307. The maximum absolute atomic E-state index is 12.0. The van der Waals surface area contributed by atoms with E-state index in [1.165, 1.54) is 6.42 Å². The second kappa shape index (κ2) is 7.51. The summed E-state index contributed by atoms with van der Waals surface area (Å²) in [5, 5.41) is 8.17. The van der Waals surface area contributed by atoms with E-state index in [1.807, 2.05) is 46.1 Å². The van der Waals surface area contributed by atoms with Crippen molar-refractivity contribution >= 4 is 17.6 Å². The van der Waals surface area contributed by atoms with Crippen LogP contribution in [0.2, 0.25) is 5.02 Å². The maximum atomic E-state index is 12.0. The van der Waals surface area contributed by atoms with Crippen LogP contribution in [0.15, 0.2) is 36.5 Å². The van der Waals surface area contributed by atoms with E-state index >= 15 is 0 Å². The SMILES string of the molecule is O=C(NCCn1ccc(-c2ccccc2Cl)n1)N1CCCCC1. The molecule has 5 nitrogen and oxygen atoms in total. The first-order valence-electron chi connectivity index (χ1n) is 8.05. The molecule has 23 heavy (non-hydrogen) atoms.